The standard InChI is InChI=1S/C16H20BrN3O2/c1-11(4-3-9-17)16(21)18-15-10-14(19-20-15)12-5-7-13(22-2)8-6-12/h5-8,10-11H,3-4,9H2,1-2H3,(H2,18,19,20,21). The molecule has 0 saturated heterocycles. The Labute approximate surface area is 138 Å². The van der Waals surface area contributed by atoms with E-state index >= 15 is 0 Å². The molecule has 1 atom stereocenters. The van der Waals surface area contributed by atoms with Crippen molar-refractivity contribution in [1.82, 2.24) is 10.2 Å². The second kappa shape index (κ2) is 7.98. The van der Waals surface area contributed by atoms with Gasteiger partial charge in [0.25, 0.3) is 0 Å². The Morgan fingerprint density at radius 3 is 2.77 bits per heavy atom. The lowest BCUT2D eigenvalue weighted by Gasteiger charge is -2.09. The highest BCUT2D eigenvalue weighted by Crippen LogP contribution is 2.22. The molecule has 0 spiro atoms. The lowest BCUT2D eigenvalue weighted by molar-refractivity contribution is -0.119. The van der Waals surface area contributed by atoms with Crippen molar-refractivity contribution in [3.8, 4) is 17.0 Å². The Balaban J connectivity index is 2.00. The zero-order chi connectivity index (χ0) is 15.9. The normalized spacial score (nSPS) is 12.0. The van der Waals surface area contributed by atoms with Crippen LogP contribution in [-0.4, -0.2) is 28.5 Å². The van der Waals surface area contributed by atoms with Crippen LogP contribution in [0.15, 0.2) is 30.3 Å². The fourth-order valence-corrected chi connectivity index (χ4v) is 2.39. The highest BCUT2D eigenvalue weighted by molar-refractivity contribution is 9.09. The molecule has 0 aliphatic heterocycles. The van der Waals surface area contributed by atoms with Crippen LogP contribution < -0.4 is 10.1 Å². The van der Waals surface area contributed by atoms with Crippen LogP contribution in [0, 0.1) is 5.92 Å². The molecule has 1 heterocycles. The molecule has 2 N–H and O–H groups in total. The first-order chi connectivity index (χ1) is 10.6. The van der Waals surface area contributed by atoms with Crippen molar-refractivity contribution in [2.75, 3.05) is 17.8 Å². The van der Waals surface area contributed by atoms with Gasteiger partial charge >= 0.3 is 0 Å². The van der Waals surface area contributed by atoms with Crippen molar-refractivity contribution in [3.63, 3.8) is 0 Å². The van der Waals surface area contributed by atoms with Crippen LogP contribution in [0.25, 0.3) is 11.3 Å². The Bertz CT molecular complexity index is 610. The molecule has 0 aliphatic carbocycles. The van der Waals surface area contributed by atoms with Crippen molar-refractivity contribution in [1.29, 1.82) is 0 Å². The van der Waals surface area contributed by atoms with E-state index in [1.54, 1.807) is 7.11 Å². The molecule has 0 radical (unpaired) electrons. The molecule has 0 fully saturated rings. The first-order valence-electron chi connectivity index (χ1n) is 7.20. The fraction of sp³-hybridized carbons (Fsp3) is 0.375. The summed E-state index contributed by atoms with van der Waals surface area (Å²) in [5.41, 5.74) is 1.75. The molecule has 1 aromatic carbocycles. The third kappa shape index (κ3) is 4.34. The number of halogens is 1. The minimum absolute atomic E-state index is 0.00545. The van der Waals surface area contributed by atoms with Crippen LogP contribution in [0.1, 0.15) is 19.8 Å². The lowest BCUT2D eigenvalue weighted by atomic mass is 10.1. The second-order valence-electron chi connectivity index (χ2n) is 5.12. The third-order valence-corrected chi connectivity index (χ3v) is 4.00. The van der Waals surface area contributed by atoms with Crippen molar-refractivity contribution in [2.24, 2.45) is 5.92 Å². The fourth-order valence-electron chi connectivity index (χ4n) is 2.07. The number of carbonyl (C=O) groups excluding carboxylic acids is 1. The van der Waals surface area contributed by atoms with Gasteiger partial charge in [0, 0.05) is 22.9 Å². The minimum Gasteiger partial charge on any atom is -0.497 e. The lowest BCUT2D eigenvalue weighted by Crippen LogP contribution is -2.20. The largest absolute Gasteiger partial charge is 0.497 e. The Hall–Kier alpha value is -1.82. The van der Waals surface area contributed by atoms with Gasteiger partial charge in [0.05, 0.1) is 12.8 Å². The maximum absolute atomic E-state index is 12.1. The van der Waals surface area contributed by atoms with Gasteiger partial charge in [-0.15, -0.1) is 0 Å². The van der Waals surface area contributed by atoms with E-state index in [1.165, 1.54) is 0 Å². The van der Waals surface area contributed by atoms with Crippen molar-refractivity contribution in [3.05, 3.63) is 30.3 Å². The summed E-state index contributed by atoms with van der Waals surface area (Å²) in [6.45, 7) is 1.93. The number of H-pyrrole nitrogens is 1. The smallest absolute Gasteiger partial charge is 0.228 e. The second-order valence-corrected chi connectivity index (χ2v) is 5.91. The summed E-state index contributed by atoms with van der Waals surface area (Å²) in [7, 11) is 1.63. The zero-order valence-electron chi connectivity index (χ0n) is 12.7. The number of ether oxygens (including phenoxy) is 1. The van der Waals surface area contributed by atoms with E-state index in [-0.39, 0.29) is 11.8 Å². The summed E-state index contributed by atoms with van der Waals surface area (Å²) < 4.78 is 5.13. The predicted octanol–water partition coefficient (Wildman–Crippen LogP) is 3.84. The molecule has 1 aromatic heterocycles. The number of hydrogen-bond donors (Lipinski definition) is 2. The number of nitrogens with one attached hydrogen (secondary N) is 2. The van der Waals surface area contributed by atoms with Crippen molar-refractivity contribution < 1.29 is 9.53 Å². The number of benzene rings is 1. The van der Waals surface area contributed by atoms with Crippen molar-refractivity contribution >= 4 is 27.7 Å². The van der Waals surface area contributed by atoms with Gasteiger partial charge in [-0.1, -0.05) is 22.9 Å². The van der Waals surface area contributed by atoms with E-state index in [1.807, 2.05) is 37.3 Å². The Morgan fingerprint density at radius 1 is 1.41 bits per heavy atom. The average molecular weight is 366 g/mol. The topological polar surface area (TPSA) is 67.0 Å². The number of hydrogen-bond acceptors (Lipinski definition) is 3. The molecule has 0 aliphatic rings. The van der Waals surface area contributed by atoms with E-state index < -0.39 is 0 Å². The van der Waals surface area contributed by atoms with Gasteiger partial charge in [-0.2, -0.15) is 5.10 Å². The molecule has 118 valence electrons. The van der Waals surface area contributed by atoms with E-state index in [2.05, 4.69) is 31.4 Å². The number of aromatic nitrogens is 2. The van der Waals surface area contributed by atoms with Gasteiger partial charge in [0.15, 0.2) is 0 Å². The maximum Gasteiger partial charge on any atom is 0.228 e. The molecule has 1 unspecified atom stereocenters. The molecule has 2 rings (SSSR count). The van der Waals surface area contributed by atoms with Gasteiger partial charge in [0.2, 0.25) is 5.91 Å². The number of aromatic amines is 1. The van der Waals surface area contributed by atoms with Gasteiger partial charge in [-0.05, 0) is 37.1 Å². The number of anilines is 1. The van der Waals surface area contributed by atoms with Crippen LogP contribution in [0.4, 0.5) is 5.82 Å². The van der Waals surface area contributed by atoms with Crippen LogP contribution in [0.5, 0.6) is 5.75 Å². The minimum atomic E-state index is -0.0229. The molecule has 2 aromatic rings. The average Bonchev–Trinajstić information content (AvgIpc) is 3.01. The van der Waals surface area contributed by atoms with Gasteiger partial charge in [0.1, 0.15) is 11.6 Å². The summed E-state index contributed by atoms with van der Waals surface area (Å²) in [5, 5.41) is 10.9. The summed E-state index contributed by atoms with van der Waals surface area (Å²) >= 11 is 3.38. The molecule has 6 heteroatoms. The van der Waals surface area contributed by atoms with Crippen LogP contribution in [0.3, 0.4) is 0 Å². The van der Waals surface area contributed by atoms with E-state index in [0.717, 1.165) is 35.2 Å². The highest BCUT2D eigenvalue weighted by atomic mass is 79.9. The summed E-state index contributed by atoms with van der Waals surface area (Å²) in [4.78, 5) is 12.1. The molecule has 1 amide bonds. The van der Waals surface area contributed by atoms with Crippen LogP contribution >= 0.6 is 15.9 Å². The molecule has 22 heavy (non-hydrogen) atoms. The number of carbonyl (C=O) groups is 1. The van der Waals surface area contributed by atoms with E-state index in [0.29, 0.717) is 5.82 Å². The number of alkyl halides is 1. The van der Waals surface area contributed by atoms with Crippen molar-refractivity contribution in [2.45, 2.75) is 19.8 Å². The summed E-state index contributed by atoms with van der Waals surface area (Å²) in [6.07, 6.45) is 1.84. The molecular formula is C16H20BrN3O2. The molecule has 0 bridgehead atoms. The number of amides is 1. The quantitative estimate of drug-likeness (QED) is 0.732. The number of methoxy groups -OCH3 is 1. The summed E-state index contributed by atoms with van der Waals surface area (Å²) in [5.74, 6) is 1.39. The first kappa shape index (κ1) is 16.5. The third-order valence-electron chi connectivity index (χ3n) is 3.44. The predicted molar refractivity (Wildman–Crippen MR) is 91.4 cm³/mol. The van der Waals surface area contributed by atoms with Gasteiger partial charge in [-0.3, -0.25) is 9.89 Å². The molecule has 5 nitrogen and oxygen atoms in total. The molecule has 0 saturated carbocycles. The first-order valence-corrected chi connectivity index (χ1v) is 8.33. The zero-order valence-corrected chi connectivity index (χ0v) is 14.3. The van der Waals surface area contributed by atoms with Crippen LogP contribution in [0.2, 0.25) is 0 Å². The maximum atomic E-state index is 12.1. The highest BCUT2D eigenvalue weighted by Gasteiger charge is 2.14. The van der Waals surface area contributed by atoms with Gasteiger partial charge < -0.3 is 10.1 Å². The van der Waals surface area contributed by atoms with E-state index in [4.69, 9.17) is 4.74 Å². The Morgan fingerprint density at radius 2 is 2.14 bits per heavy atom. The number of rotatable bonds is 7. The van der Waals surface area contributed by atoms with E-state index in [9.17, 15) is 4.79 Å². The monoisotopic (exact) mass is 365 g/mol. The van der Waals surface area contributed by atoms with Gasteiger partial charge in [-0.25, -0.2) is 0 Å². The molecular weight excluding hydrogens is 346 g/mol. The Kier molecular flexibility index (Phi) is 6.00. The summed E-state index contributed by atoms with van der Waals surface area (Å²) in [6, 6.07) is 9.45. The number of nitrogens with zero attached hydrogens (tertiary/aromatic N) is 1. The SMILES string of the molecule is COc1ccc(-c2cc(NC(=O)C(C)CCCBr)[nH]n2)cc1. The van der Waals surface area contributed by atoms with Crippen LogP contribution in [-0.2, 0) is 4.79 Å².